The van der Waals surface area contributed by atoms with Gasteiger partial charge in [0.25, 0.3) is 0 Å². The van der Waals surface area contributed by atoms with E-state index < -0.39 is 17.9 Å². The molecular weight excluding hydrogens is 236 g/mol. The fraction of sp³-hybridized carbons (Fsp3) is 0.727. The Labute approximate surface area is 106 Å². The predicted octanol–water partition coefficient (Wildman–Crippen LogP) is -1.81. The highest BCUT2D eigenvalue weighted by Gasteiger charge is 2.24. The third kappa shape index (κ3) is 4.33. The van der Waals surface area contributed by atoms with Crippen LogP contribution in [0.3, 0.4) is 0 Å². The lowest BCUT2D eigenvalue weighted by Gasteiger charge is -2.21. The van der Waals surface area contributed by atoms with E-state index in [1.807, 2.05) is 0 Å². The lowest BCUT2D eigenvalue weighted by Crippen LogP contribution is -2.49. The highest BCUT2D eigenvalue weighted by Crippen LogP contribution is 2.08. The molecule has 7 heteroatoms. The molecule has 1 rings (SSSR count). The van der Waals surface area contributed by atoms with Gasteiger partial charge in [-0.15, -0.1) is 0 Å². The van der Waals surface area contributed by atoms with Crippen molar-refractivity contribution in [1.82, 2.24) is 15.5 Å². The van der Waals surface area contributed by atoms with Gasteiger partial charge in [0.15, 0.2) is 0 Å². The van der Waals surface area contributed by atoms with E-state index in [1.165, 1.54) is 0 Å². The van der Waals surface area contributed by atoms with Gasteiger partial charge in [0, 0.05) is 13.1 Å². The van der Waals surface area contributed by atoms with E-state index >= 15 is 0 Å². The smallest absolute Gasteiger partial charge is 0.244 e. The summed E-state index contributed by atoms with van der Waals surface area (Å²) in [5.74, 6) is -0.869. The number of rotatable bonds is 5. The maximum Gasteiger partial charge on any atom is 0.244 e. The van der Waals surface area contributed by atoms with Gasteiger partial charge in [-0.1, -0.05) is 0 Å². The zero-order valence-corrected chi connectivity index (χ0v) is 10.6. The summed E-state index contributed by atoms with van der Waals surface area (Å²) in [6, 6.07) is -0.564. The highest BCUT2D eigenvalue weighted by molar-refractivity contribution is 5.90. The van der Waals surface area contributed by atoms with E-state index in [2.05, 4.69) is 10.6 Å². The third-order valence-corrected chi connectivity index (χ3v) is 2.80. The molecule has 1 fully saturated rings. The van der Waals surface area contributed by atoms with Crippen molar-refractivity contribution in [3.8, 4) is 0 Å². The van der Waals surface area contributed by atoms with Crippen molar-refractivity contribution < 1.29 is 14.4 Å². The van der Waals surface area contributed by atoms with Crippen molar-refractivity contribution in [3.63, 3.8) is 0 Å². The predicted molar refractivity (Wildman–Crippen MR) is 65.5 cm³/mol. The van der Waals surface area contributed by atoms with Crippen molar-refractivity contribution >= 4 is 17.7 Å². The van der Waals surface area contributed by atoms with Crippen LogP contribution in [0.1, 0.15) is 19.8 Å². The topological polar surface area (TPSA) is 105 Å². The fourth-order valence-electron chi connectivity index (χ4n) is 1.82. The summed E-state index contributed by atoms with van der Waals surface area (Å²) in [6.07, 6.45) is 2.03. The number of nitrogens with one attached hydrogen (secondary N) is 2. The SMILES string of the molecule is CC(NC(=O)CNC(=O)CN)C(=O)N1CCCC1. The van der Waals surface area contributed by atoms with Gasteiger partial charge in [0.1, 0.15) is 6.04 Å². The van der Waals surface area contributed by atoms with Crippen LogP contribution in [-0.4, -0.2) is 54.8 Å². The van der Waals surface area contributed by atoms with E-state index in [1.54, 1.807) is 11.8 Å². The molecule has 1 unspecified atom stereocenters. The standard InChI is InChI=1S/C11H20N4O3/c1-8(11(18)15-4-2-3-5-15)14-10(17)7-13-9(16)6-12/h8H,2-7,12H2,1H3,(H,13,16)(H,14,17). The molecule has 0 aromatic rings. The molecule has 0 aromatic carbocycles. The van der Waals surface area contributed by atoms with E-state index in [4.69, 9.17) is 5.73 Å². The minimum Gasteiger partial charge on any atom is -0.346 e. The van der Waals surface area contributed by atoms with Crippen molar-refractivity contribution in [1.29, 1.82) is 0 Å². The molecule has 1 atom stereocenters. The fourth-order valence-corrected chi connectivity index (χ4v) is 1.82. The summed E-state index contributed by atoms with van der Waals surface area (Å²) in [5.41, 5.74) is 5.09. The largest absolute Gasteiger partial charge is 0.346 e. The number of likely N-dealkylation sites (tertiary alicyclic amines) is 1. The molecular formula is C11H20N4O3. The second kappa shape index (κ2) is 6.95. The van der Waals surface area contributed by atoms with Gasteiger partial charge >= 0.3 is 0 Å². The number of hydrogen-bond donors (Lipinski definition) is 3. The van der Waals surface area contributed by atoms with Gasteiger partial charge in [-0.25, -0.2) is 0 Å². The lowest BCUT2D eigenvalue weighted by atomic mass is 10.3. The molecule has 4 N–H and O–H groups in total. The quantitative estimate of drug-likeness (QED) is 0.539. The Morgan fingerprint density at radius 3 is 2.39 bits per heavy atom. The summed E-state index contributed by atoms with van der Waals surface area (Å²) in [4.78, 5) is 35.9. The van der Waals surface area contributed by atoms with Crippen LogP contribution in [-0.2, 0) is 14.4 Å². The Morgan fingerprint density at radius 2 is 1.83 bits per heavy atom. The Kier molecular flexibility index (Phi) is 5.57. The third-order valence-electron chi connectivity index (χ3n) is 2.80. The van der Waals surface area contributed by atoms with Gasteiger partial charge in [-0.05, 0) is 19.8 Å². The number of hydrogen-bond acceptors (Lipinski definition) is 4. The normalized spacial score (nSPS) is 16.2. The number of nitrogens with two attached hydrogens (primary N) is 1. The molecule has 0 radical (unpaired) electrons. The summed E-state index contributed by atoms with van der Waals surface area (Å²) in [6.45, 7) is 2.83. The molecule has 0 spiro atoms. The van der Waals surface area contributed by atoms with Crippen LogP contribution >= 0.6 is 0 Å². The molecule has 3 amide bonds. The van der Waals surface area contributed by atoms with E-state index in [-0.39, 0.29) is 19.0 Å². The zero-order chi connectivity index (χ0) is 13.5. The van der Waals surface area contributed by atoms with Gasteiger partial charge in [-0.2, -0.15) is 0 Å². The van der Waals surface area contributed by atoms with Gasteiger partial charge < -0.3 is 21.3 Å². The first-order valence-corrected chi connectivity index (χ1v) is 6.09. The van der Waals surface area contributed by atoms with Crippen LogP contribution in [0.15, 0.2) is 0 Å². The molecule has 102 valence electrons. The van der Waals surface area contributed by atoms with E-state index in [9.17, 15) is 14.4 Å². The maximum atomic E-state index is 11.9. The first kappa shape index (κ1) is 14.4. The van der Waals surface area contributed by atoms with E-state index in [0.717, 1.165) is 25.9 Å². The molecule has 0 aliphatic carbocycles. The number of nitrogens with zero attached hydrogens (tertiary/aromatic N) is 1. The van der Waals surface area contributed by atoms with Crippen molar-refractivity contribution in [3.05, 3.63) is 0 Å². The molecule has 1 aliphatic heterocycles. The van der Waals surface area contributed by atoms with E-state index in [0.29, 0.717) is 0 Å². The van der Waals surface area contributed by atoms with Crippen molar-refractivity contribution in [2.24, 2.45) is 5.73 Å². The molecule has 18 heavy (non-hydrogen) atoms. The zero-order valence-electron chi connectivity index (χ0n) is 10.6. The number of carbonyl (C=O) groups is 3. The molecule has 1 saturated heterocycles. The first-order chi connectivity index (χ1) is 8.54. The molecule has 1 heterocycles. The second-order valence-electron chi connectivity index (χ2n) is 4.30. The Balaban J connectivity index is 2.29. The average molecular weight is 256 g/mol. The Hall–Kier alpha value is -1.63. The lowest BCUT2D eigenvalue weighted by molar-refractivity contribution is -0.135. The summed E-state index contributed by atoms with van der Waals surface area (Å²) in [5, 5.41) is 4.90. The maximum absolute atomic E-state index is 11.9. The van der Waals surface area contributed by atoms with Crippen LogP contribution in [0.5, 0.6) is 0 Å². The minimum atomic E-state index is -0.564. The van der Waals surface area contributed by atoms with Crippen molar-refractivity contribution in [2.45, 2.75) is 25.8 Å². The summed E-state index contributed by atoms with van der Waals surface area (Å²) >= 11 is 0. The molecule has 1 aliphatic rings. The Morgan fingerprint density at radius 1 is 1.22 bits per heavy atom. The average Bonchev–Trinajstić information content (AvgIpc) is 2.88. The molecule has 0 aromatic heterocycles. The number of carbonyl (C=O) groups excluding carboxylic acids is 3. The first-order valence-electron chi connectivity index (χ1n) is 6.09. The van der Waals surface area contributed by atoms with Crippen LogP contribution in [0.25, 0.3) is 0 Å². The summed E-state index contributed by atoms with van der Waals surface area (Å²) < 4.78 is 0. The van der Waals surface area contributed by atoms with Crippen LogP contribution in [0.4, 0.5) is 0 Å². The second-order valence-corrected chi connectivity index (χ2v) is 4.30. The van der Waals surface area contributed by atoms with Gasteiger partial charge in [0.2, 0.25) is 17.7 Å². The highest BCUT2D eigenvalue weighted by atomic mass is 16.2. The monoisotopic (exact) mass is 256 g/mol. The molecule has 0 bridgehead atoms. The van der Waals surface area contributed by atoms with Gasteiger partial charge in [0.05, 0.1) is 13.1 Å². The van der Waals surface area contributed by atoms with Crippen LogP contribution in [0.2, 0.25) is 0 Å². The van der Waals surface area contributed by atoms with Crippen LogP contribution in [0, 0.1) is 0 Å². The molecule has 7 nitrogen and oxygen atoms in total. The summed E-state index contributed by atoms with van der Waals surface area (Å²) in [7, 11) is 0. The van der Waals surface area contributed by atoms with Crippen LogP contribution < -0.4 is 16.4 Å². The Bertz CT molecular complexity index is 326. The minimum absolute atomic E-state index is 0.0778. The van der Waals surface area contributed by atoms with Crippen molar-refractivity contribution in [2.75, 3.05) is 26.2 Å². The number of amides is 3. The van der Waals surface area contributed by atoms with Gasteiger partial charge in [-0.3, -0.25) is 14.4 Å². The molecule has 0 saturated carbocycles.